The summed E-state index contributed by atoms with van der Waals surface area (Å²) in [4.78, 5) is 13.6. The van der Waals surface area contributed by atoms with Gasteiger partial charge in [-0.05, 0) is 18.2 Å². The molecule has 1 aromatic heterocycles. The molecule has 2 unspecified atom stereocenters. The Morgan fingerprint density at radius 2 is 1.86 bits per heavy atom. The number of aliphatic hydroxyl groups is 2. The normalized spacial score (nSPS) is 21.7. The van der Waals surface area contributed by atoms with Crippen LogP contribution >= 0.6 is 0 Å². The van der Waals surface area contributed by atoms with Gasteiger partial charge in [0.05, 0.1) is 23.6 Å². The standard InChI is InChI=1S/C14H16N4O3/c15-9-3-1-2-4-11(9)18-6-5-10(16-18)14(21)17-7-12(19)13(20)8-17/h1-6,12-13,19-20H,7-8,15H2. The number of β-amino-alcohol motifs (C(OH)–C–C–N with tert-alkyl or cyclic N) is 2. The number of aromatic nitrogens is 2. The summed E-state index contributed by atoms with van der Waals surface area (Å²) in [5, 5.41) is 23.2. The zero-order chi connectivity index (χ0) is 15.0. The first-order chi connectivity index (χ1) is 10.1. The molecule has 1 aromatic carbocycles. The molecule has 0 saturated carbocycles. The van der Waals surface area contributed by atoms with Crippen LogP contribution in [0.3, 0.4) is 0 Å². The van der Waals surface area contributed by atoms with Gasteiger partial charge in [-0.1, -0.05) is 12.1 Å². The average molecular weight is 288 g/mol. The fraction of sp³-hybridized carbons (Fsp3) is 0.286. The second-order valence-electron chi connectivity index (χ2n) is 5.05. The van der Waals surface area contributed by atoms with Crippen LogP contribution in [0.2, 0.25) is 0 Å². The van der Waals surface area contributed by atoms with E-state index >= 15 is 0 Å². The van der Waals surface area contributed by atoms with Crippen molar-refractivity contribution in [2.75, 3.05) is 18.8 Å². The monoisotopic (exact) mass is 288 g/mol. The van der Waals surface area contributed by atoms with E-state index in [2.05, 4.69) is 5.10 Å². The summed E-state index contributed by atoms with van der Waals surface area (Å²) in [5.74, 6) is -0.321. The molecular formula is C14H16N4O3. The third kappa shape index (κ3) is 2.48. The largest absolute Gasteiger partial charge is 0.397 e. The summed E-state index contributed by atoms with van der Waals surface area (Å²) in [5.41, 5.74) is 7.38. The number of nitrogen functional groups attached to an aromatic ring is 1. The molecule has 1 fully saturated rings. The highest BCUT2D eigenvalue weighted by Crippen LogP contribution is 2.17. The number of hydrogen-bond donors (Lipinski definition) is 3. The number of nitrogens with zero attached hydrogens (tertiary/aromatic N) is 3. The number of carbonyl (C=O) groups is 1. The number of amides is 1. The van der Waals surface area contributed by atoms with Gasteiger partial charge in [-0.2, -0.15) is 5.10 Å². The van der Waals surface area contributed by atoms with Gasteiger partial charge in [0, 0.05) is 19.3 Å². The van der Waals surface area contributed by atoms with Gasteiger partial charge in [0.25, 0.3) is 5.91 Å². The first-order valence-corrected chi connectivity index (χ1v) is 6.62. The van der Waals surface area contributed by atoms with Crippen LogP contribution in [0.4, 0.5) is 5.69 Å². The molecule has 1 aliphatic rings. The average Bonchev–Trinajstić information content (AvgIpc) is 3.07. The number of hydrogen-bond acceptors (Lipinski definition) is 5. The van der Waals surface area contributed by atoms with Crippen LogP contribution in [-0.4, -0.2) is 56.1 Å². The lowest BCUT2D eigenvalue weighted by Crippen LogP contribution is -2.30. The lowest BCUT2D eigenvalue weighted by molar-refractivity contribution is 0.0572. The summed E-state index contributed by atoms with van der Waals surface area (Å²) in [7, 11) is 0. The molecule has 0 aliphatic carbocycles. The summed E-state index contributed by atoms with van der Waals surface area (Å²) in [6.45, 7) is 0.223. The van der Waals surface area contributed by atoms with E-state index in [9.17, 15) is 15.0 Å². The number of benzene rings is 1. The third-order valence-corrected chi connectivity index (χ3v) is 3.54. The van der Waals surface area contributed by atoms with Gasteiger partial charge < -0.3 is 20.8 Å². The summed E-state index contributed by atoms with van der Waals surface area (Å²) in [6, 6.07) is 8.81. The molecular weight excluding hydrogens is 272 g/mol. The maximum Gasteiger partial charge on any atom is 0.274 e. The maximum absolute atomic E-state index is 12.3. The Hall–Kier alpha value is -2.38. The van der Waals surface area contributed by atoms with Crippen LogP contribution < -0.4 is 5.73 Å². The molecule has 1 amide bonds. The molecule has 110 valence electrons. The fourth-order valence-corrected chi connectivity index (χ4v) is 2.37. The first-order valence-electron chi connectivity index (χ1n) is 6.62. The Labute approximate surface area is 121 Å². The third-order valence-electron chi connectivity index (χ3n) is 3.54. The molecule has 0 bridgehead atoms. The summed E-state index contributed by atoms with van der Waals surface area (Å²) in [6.07, 6.45) is -0.149. The van der Waals surface area contributed by atoms with Crippen LogP contribution in [0, 0.1) is 0 Å². The van der Waals surface area contributed by atoms with E-state index in [0.29, 0.717) is 11.4 Å². The van der Waals surface area contributed by atoms with Crippen LogP contribution in [0.15, 0.2) is 36.5 Å². The Kier molecular flexibility index (Phi) is 3.36. The zero-order valence-electron chi connectivity index (χ0n) is 11.3. The van der Waals surface area contributed by atoms with Crippen molar-refractivity contribution in [1.82, 2.24) is 14.7 Å². The molecule has 1 aliphatic heterocycles. The molecule has 3 rings (SSSR count). The number of aliphatic hydroxyl groups excluding tert-OH is 2. The number of para-hydroxylation sites is 2. The van der Waals surface area contributed by atoms with Crippen molar-refractivity contribution < 1.29 is 15.0 Å². The zero-order valence-corrected chi connectivity index (χ0v) is 11.3. The Bertz CT molecular complexity index is 660. The molecule has 2 aromatic rings. The maximum atomic E-state index is 12.3. The van der Waals surface area contributed by atoms with Crippen LogP contribution in [-0.2, 0) is 0 Å². The van der Waals surface area contributed by atoms with Crippen LogP contribution in [0.1, 0.15) is 10.5 Å². The van der Waals surface area contributed by atoms with E-state index in [-0.39, 0.29) is 24.7 Å². The lowest BCUT2D eigenvalue weighted by atomic mass is 10.3. The van der Waals surface area contributed by atoms with Crippen molar-refractivity contribution in [2.24, 2.45) is 0 Å². The molecule has 1 saturated heterocycles. The van der Waals surface area contributed by atoms with E-state index in [1.165, 1.54) is 9.58 Å². The Morgan fingerprint density at radius 3 is 2.52 bits per heavy atom. The number of rotatable bonds is 2. The fourth-order valence-electron chi connectivity index (χ4n) is 2.37. The number of nitrogens with two attached hydrogens (primary N) is 1. The van der Waals surface area contributed by atoms with Gasteiger partial charge in [0.2, 0.25) is 0 Å². The van der Waals surface area contributed by atoms with Crippen molar-refractivity contribution in [1.29, 1.82) is 0 Å². The highest BCUT2D eigenvalue weighted by atomic mass is 16.3. The van der Waals surface area contributed by atoms with Crippen LogP contribution in [0.5, 0.6) is 0 Å². The topological polar surface area (TPSA) is 105 Å². The minimum Gasteiger partial charge on any atom is -0.397 e. The highest BCUT2D eigenvalue weighted by molar-refractivity contribution is 5.92. The van der Waals surface area contributed by atoms with Crippen LogP contribution in [0.25, 0.3) is 5.69 Å². The minimum absolute atomic E-state index is 0.111. The van der Waals surface area contributed by atoms with Gasteiger partial charge in [-0.3, -0.25) is 4.79 Å². The second-order valence-corrected chi connectivity index (χ2v) is 5.05. The number of carbonyl (C=O) groups excluding carboxylic acids is 1. The van der Waals surface area contributed by atoms with E-state index in [0.717, 1.165) is 0 Å². The Morgan fingerprint density at radius 1 is 1.19 bits per heavy atom. The van der Waals surface area contributed by atoms with E-state index < -0.39 is 12.2 Å². The number of likely N-dealkylation sites (tertiary alicyclic amines) is 1. The van der Waals surface area contributed by atoms with Gasteiger partial charge in [0.15, 0.2) is 5.69 Å². The van der Waals surface area contributed by atoms with Gasteiger partial charge in [-0.25, -0.2) is 4.68 Å². The minimum atomic E-state index is -0.902. The number of anilines is 1. The van der Waals surface area contributed by atoms with Gasteiger partial charge >= 0.3 is 0 Å². The van der Waals surface area contributed by atoms with E-state index in [1.54, 1.807) is 24.4 Å². The second kappa shape index (κ2) is 5.19. The first kappa shape index (κ1) is 13.6. The van der Waals surface area contributed by atoms with Gasteiger partial charge in [-0.15, -0.1) is 0 Å². The Balaban J connectivity index is 1.82. The summed E-state index contributed by atoms with van der Waals surface area (Å²) < 4.78 is 1.53. The molecule has 7 nitrogen and oxygen atoms in total. The molecule has 2 atom stereocenters. The van der Waals surface area contributed by atoms with Crippen molar-refractivity contribution in [3.05, 3.63) is 42.2 Å². The molecule has 0 spiro atoms. The lowest BCUT2D eigenvalue weighted by Gasteiger charge is -2.13. The molecule has 21 heavy (non-hydrogen) atoms. The predicted molar refractivity (Wildman–Crippen MR) is 75.9 cm³/mol. The molecule has 7 heteroatoms. The van der Waals surface area contributed by atoms with Crippen molar-refractivity contribution in [3.8, 4) is 5.69 Å². The molecule has 2 heterocycles. The quantitative estimate of drug-likeness (QED) is 0.654. The smallest absolute Gasteiger partial charge is 0.274 e. The van der Waals surface area contributed by atoms with E-state index in [1.807, 2.05) is 12.1 Å². The van der Waals surface area contributed by atoms with E-state index in [4.69, 9.17) is 5.73 Å². The van der Waals surface area contributed by atoms with Crippen molar-refractivity contribution in [2.45, 2.75) is 12.2 Å². The molecule has 4 N–H and O–H groups in total. The molecule has 0 radical (unpaired) electrons. The van der Waals surface area contributed by atoms with Crippen molar-refractivity contribution >= 4 is 11.6 Å². The highest BCUT2D eigenvalue weighted by Gasteiger charge is 2.33. The SMILES string of the molecule is Nc1ccccc1-n1ccc(C(=O)N2CC(O)C(O)C2)n1. The predicted octanol–water partition coefficient (Wildman–Crippen LogP) is -0.368. The van der Waals surface area contributed by atoms with Gasteiger partial charge in [0.1, 0.15) is 0 Å². The van der Waals surface area contributed by atoms with Crippen molar-refractivity contribution in [3.63, 3.8) is 0 Å². The summed E-state index contributed by atoms with van der Waals surface area (Å²) >= 11 is 0.